The Labute approximate surface area is 151 Å². The van der Waals surface area contributed by atoms with Gasteiger partial charge in [0.2, 0.25) is 5.69 Å². The Kier molecular flexibility index (Phi) is 5.03. The molecule has 2 aromatic heterocycles. The molecule has 1 fully saturated rings. The van der Waals surface area contributed by atoms with Gasteiger partial charge in [-0.25, -0.2) is 0 Å². The number of aryl methyl sites for hydroxylation is 3. The van der Waals surface area contributed by atoms with E-state index in [1.807, 2.05) is 11.6 Å². The van der Waals surface area contributed by atoms with Crippen molar-refractivity contribution < 1.29 is 9.72 Å². The lowest BCUT2D eigenvalue weighted by molar-refractivity contribution is -0.385. The van der Waals surface area contributed by atoms with Crippen molar-refractivity contribution in [3.8, 4) is 0 Å². The SMILES string of the molecule is CCn1cc(CN2CCN(C(=O)c3nn(C)cc3[N+](=O)[O-])CC2)c(C)n1. The number of nitro groups is 1. The van der Waals surface area contributed by atoms with Gasteiger partial charge in [0.1, 0.15) is 6.20 Å². The number of rotatable bonds is 5. The van der Waals surface area contributed by atoms with E-state index < -0.39 is 4.92 Å². The van der Waals surface area contributed by atoms with Gasteiger partial charge < -0.3 is 4.90 Å². The van der Waals surface area contributed by atoms with Crippen LogP contribution >= 0.6 is 0 Å². The smallest absolute Gasteiger partial charge is 0.320 e. The Morgan fingerprint density at radius 2 is 1.92 bits per heavy atom. The monoisotopic (exact) mass is 361 g/mol. The third-order valence-electron chi connectivity index (χ3n) is 4.63. The van der Waals surface area contributed by atoms with Gasteiger partial charge in [-0.15, -0.1) is 0 Å². The van der Waals surface area contributed by atoms with Crippen molar-refractivity contribution in [3.63, 3.8) is 0 Å². The standard InChI is InChI=1S/C16H23N7O3/c1-4-22-10-13(12(2)17-22)9-20-5-7-21(8-6-20)16(24)15-14(23(25)26)11-19(3)18-15/h10-11H,4-9H2,1-3H3. The number of carbonyl (C=O) groups is 1. The van der Waals surface area contributed by atoms with Gasteiger partial charge in [0.05, 0.1) is 10.6 Å². The average Bonchev–Trinajstić information content (AvgIpc) is 3.18. The number of carbonyl (C=O) groups excluding carboxylic acids is 1. The summed E-state index contributed by atoms with van der Waals surface area (Å²) in [4.78, 5) is 27.0. The van der Waals surface area contributed by atoms with Crippen molar-refractivity contribution in [1.82, 2.24) is 29.4 Å². The van der Waals surface area contributed by atoms with E-state index in [1.165, 1.54) is 16.4 Å². The number of nitrogens with zero attached hydrogens (tertiary/aromatic N) is 7. The predicted octanol–water partition coefficient (Wildman–Crippen LogP) is 0.811. The first-order valence-corrected chi connectivity index (χ1v) is 8.61. The van der Waals surface area contributed by atoms with E-state index in [1.54, 1.807) is 11.9 Å². The highest BCUT2D eigenvalue weighted by Crippen LogP contribution is 2.19. The number of hydrogen-bond acceptors (Lipinski definition) is 6. The highest BCUT2D eigenvalue weighted by atomic mass is 16.6. The summed E-state index contributed by atoms with van der Waals surface area (Å²) in [6.45, 7) is 8.15. The molecule has 0 N–H and O–H groups in total. The Hall–Kier alpha value is -2.75. The first-order valence-electron chi connectivity index (χ1n) is 8.61. The van der Waals surface area contributed by atoms with E-state index in [9.17, 15) is 14.9 Å². The van der Waals surface area contributed by atoms with Gasteiger partial charge in [-0.3, -0.25) is 29.2 Å². The van der Waals surface area contributed by atoms with E-state index >= 15 is 0 Å². The number of hydrogen-bond donors (Lipinski definition) is 0. The summed E-state index contributed by atoms with van der Waals surface area (Å²) in [6, 6.07) is 0. The third kappa shape index (κ3) is 3.59. The summed E-state index contributed by atoms with van der Waals surface area (Å²) in [5.74, 6) is -0.382. The maximum absolute atomic E-state index is 12.6. The van der Waals surface area contributed by atoms with Gasteiger partial charge in [0.25, 0.3) is 5.91 Å². The molecule has 3 heterocycles. The van der Waals surface area contributed by atoms with Crippen molar-refractivity contribution in [1.29, 1.82) is 0 Å². The predicted molar refractivity (Wildman–Crippen MR) is 93.7 cm³/mol. The number of amides is 1. The second-order valence-corrected chi connectivity index (χ2v) is 6.46. The third-order valence-corrected chi connectivity index (χ3v) is 4.63. The van der Waals surface area contributed by atoms with Crippen LogP contribution in [-0.2, 0) is 20.1 Å². The Morgan fingerprint density at radius 1 is 1.23 bits per heavy atom. The van der Waals surface area contributed by atoms with Crippen LogP contribution in [0.1, 0.15) is 28.7 Å². The highest BCUT2D eigenvalue weighted by Gasteiger charge is 2.30. The van der Waals surface area contributed by atoms with E-state index in [4.69, 9.17) is 0 Å². The molecule has 26 heavy (non-hydrogen) atoms. The lowest BCUT2D eigenvalue weighted by Crippen LogP contribution is -2.48. The molecule has 0 bridgehead atoms. The minimum atomic E-state index is -0.565. The largest absolute Gasteiger partial charge is 0.334 e. The molecular formula is C16H23N7O3. The molecule has 3 rings (SSSR count). The zero-order chi connectivity index (χ0) is 18.8. The summed E-state index contributed by atoms with van der Waals surface area (Å²) in [5, 5.41) is 19.5. The van der Waals surface area contributed by atoms with Crippen LogP contribution in [0.4, 0.5) is 5.69 Å². The van der Waals surface area contributed by atoms with E-state index in [0.29, 0.717) is 26.2 Å². The van der Waals surface area contributed by atoms with Crippen LogP contribution in [0.5, 0.6) is 0 Å². The molecule has 1 amide bonds. The maximum atomic E-state index is 12.6. The van der Waals surface area contributed by atoms with E-state index in [0.717, 1.165) is 18.8 Å². The summed E-state index contributed by atoms with van der Waals surface area (Å²) >= 11 is 0. The molecular weight excluding hydrogens is 338 g/mol. The number of piperazine rings is 1. The van der Waals surface area contributed by atoms with Gasteiger partial charge in [-0.1, -0.05) is 0 Å². The number of aromatic nitrogens is 4. The van der Waals surface area contributed by atoms with E-state index in [2.05, 4.69) is 28.2 Å². The fourth-order valence-corrected chi connectivity index (χ4v) is 3.14. The van der Waals surface area contributed by atoms with E-state index in [-0.39, 0.29) is 17.3 Å². The van der Waals surface area contributed by atoms with Crippen molar-refractivity contribution in [2.75, 3.05) is 26.2 Å². The van der Waals surface area contributed by atoms with Crippen LogP contribution in [0.25, 0.3) is 0 Å². The first kappa shape index (κ1) is 18.1. The second kappa shape index (κ2) is 7.24. The fourth-order valence-electron chi connectivity index (χ4n) is 3.14. The summed E-state index contributed by atoms with van der Waals surface area (Å²) < 4.78 is 3.22. The molecule has 1 aliphatic heterocycles. The van der Waals surface area contributed by atoms with Crippen LogP contribution in [0.15, 0.2) is 12.4 Å². The zero-order valence-corrected chi connectivity index (χ0v) is 15.3. The molecule has 0 saturated carbocycles. The van der Waals surface area contributed by atoms with Crippen LogP contribution < -0.4 is 0 Å². The van der Waals surface area contributed by atoms with Crippen molar-refractivity contribution >= 4 is 11.6 Å². The molecule has 10 heteroatoms. The quantitative estimate of drug-likeness (QED) is 0.577. The molecule has 0 aliphatic carbocycles. The average molecular weight is 361 g/mol. The Balaban J connectivity index is 1.62. The Bertz CT molecular complexity index is 818. The normalized spacial score (nSPS) is 15.4. The van der Waals surface area contributed by atoms with Crippen LogP contribution in [0.3, 0.4) is 0 Å². The van der Waals surface area contributed by atoms with Gasteiger partial charge in [-0.2, -0.15) is 10.2 Å². The van der Waals surface area contributed by atoms with Crippen molar-refractivity contribution in [2.45, 2.75) is 26.9 Å². The molecule has 140 valence electrons. The molecule has 1 saturated heterocycles. The molecule has 0 spiro atoms. The van der Waals surface area contributed by atoms with Crippen molar-refractivity contribution in [2.24, 2.45) is 7.05 Å². The molecule has 0 aromatic carbocycles. The maximum Gasteiger partial charge on any atom is 0.320 e. The highest BCUT2D eigenvalue weighted by molar-refractivity contribution is 5.96. The fraction of sp³-hybridized carbons (Fsp3) is 0.562. The zero-order valence-electron chi connectivity index (χ0n) is 15.3. The summed E-state index contributed by atoms with van der Waals surface area (Å²) in [7, 11) is 1.57. The summed E-state index contributed by atoms with van der Waals surface area (Å²) in [6.07, 6.45) is 3.32. The minimum Gasteiger partial charge on any atom is -0.334 e. The van der Waals surface area contributed by atoms with Gasteiger partial charge in [0, 0.05) is 58.1 Å². The topological polar surface area (TPSA) is 102 Å². The lowest BCUT2D eigenvalue weighted by atomic mass is 10.2. The first-order chi connectivity index (χ1) is 12.4. The molecule has 0 radical (unpaired) electrons. The van der Waals surface area contributed by atoms with Gasteiger partial charge >= 0.3 is 5.69 Å². The molecule has 0 unspecified atom stereocenters. The molecule has 2 aromatic rings. The molecule has 1 aliphatic rings. The lowest BCUT2D eigenvalue weighted by Gasteiger charge is -2.34. The molecule has 0 atom stereocenters. The van der Waals surface area contributed by atoms with Crippen molar-refractivity contribution in [3.05, 3.63) is 39.5 Å². The second-order valence-electron chi connectivity index (χ2n) is 6.46. The van der Waals surface area contributed by atoms with Crippen LogP contribution in [0, 0.1) is 17.0 Å². The van der Waals surface area contributed by atoms with Gasteiger partial charge in [-0.05, 0) is 13.8 Å². The summed E-state index contributed by atoms with van der Waals surface area (Å²) in [5.41, 5.74) is 1.87. The molecule has 10 nitrogen and oxygen atoms in total. The minimum absolute atomic E-state index is 0.0917. The van der Waals surface area contributed by atoms with Crippen LogP contribution in [-0.4, -0.2) is 66.4 Å². The van der Waals surface area contributed by atoms with Crippen LogP contribution in [0.2, 0.25) is 0 Å². The Morgan fingerprint density at radius 3 is 2.50 bits per heavy atom. The van der Waals surface area contributed by atoms with Gasteiger partial charge in [0.15, 0.2) is 0 Å².